The molecule has 0 bridgehead atoms. The second kappa shape index (κ2) is 5.49. The molecule has 1 N–H and O–H groups in total. The third-order valence-electron chi connectivity index (χ3n) is 4.50. The van der Waals surface area contributed by atoms with Crippen molar-refractivity contribution in [1.29, 1.82) is 0 Å². The van der Waals surface area contributed by atoms with E-state index >= 15 is 0 Å². The molecule has 1 saturated heterocycles. The molecular formula is C16H22N6O. The van der Waals surface area contributed by atoms with Gasteiger partial charge in [0.15, 0.2) is 0 Å². The summed E-state index contributed by atoms with van der Waals surface area (Å²) in [6, 6.07) is 2.62. The van der Waals surface area contributed by atoms with Crippen molar-refractivity contribution < 1.29 is 4.74 Å². The van der Waals surface area contributed by atoms with Gasteiger partial charge in [-0.2, -0.15) is 5.10 Å². The van der Waals surface area contributed by atoms with Gasteiger partial charge < -0.3 is 15.0 Å². The normalized spacial score (nSPS) is 24.7. The van der Waals surface area contributed by atoms with Gasteiger partial charge >= 0.3 is 0 Å². The fourth-order valence-electron chi connectivity index (χ4n) is 2.97. The lowest BCUT2D eigenvalue weighted by Crippen LogP contribution is -2.48. The Kier molecular flexibility index (Phi) is 3.45. The summed E-state index contributed by atoms with van der Waals surface area (Å²) in [6.45, 7) is 4.36. The van der Waals surface area contributed by atoms with E-state index in [9.17, 15) is 0 Å². The highest BCUT2D eigenvalue weighted by Crippen LogP contribution is 2.31. The van der Waals surface area contributed by atoms with Crippen LogP contribution in [0, 0.1) is 0 Å². The Bertz CT molecular complexity index is 697. The van der Waals surface area contributed by atoms with E-state index in [1.54, 1.807) is 6.33 Å². The van der Waals surface area contributed by atoms with Crippen LogP contribution in [0.3, 0.4) is 0 Å². The zero-order chi connectivity index (χ0) is 15.9. The lowest BCUT2D eigenvalue weighted by atomic mass is 9.97. The smallest absolute Gasteiger partial charge is 0.134 e. The highest BCUT2D eigenvalue weighted by molar-refractivity contribution is 5.50. The molecule has 1 atom stereocenters. The largest absolute Gasteiger partial charge is 0.367 e. The number of hydrogen-bond donors (Lipinski definition) is 1. The zero-order valence-corrected chi connectivity index (χ0v) is 13.6. The fraction of sp³-hybridized carbons (Fsp3) is 0.562. The maximum atomic E-state index is 6.07. The summed E-state index contributed by atoms with van der Waals surface area (Å²) in [5, 5.41) is 7.70. The summed E-state index contributed by atoms with van der Waals surface area (Å²) in [7, 11) is 1.92. The Morgan fingerprint density at radius 2 is 2.22 bits per heavy atom. The molecule has 7 heteroatoms. The van der Waals surface area contributed by atoms with E-state index in [1.807, 2.05) is 30.2 Å². The predicted molar refractivity (Wildman–Crippen MR) is 87.4 cm³/mol. The van der Waals surface area contributed by atoms with Gasteiger partial charge in [-0.3, -0.25) is 4.68 Å². The van der Waals surface area contributed by atoms with Crippen LogP contribution in [-0.4, -0.2) is 45.5 Å². The predicted octanol–water partition coefficient (Wildman–Crippen LogP) is 1.54. The number of ether oxygens (including phenoxy) is 1. The second-order valence-corrected chi connectivity index (χ2v) is 6.58. The zero-order valence-electron chi connectivity index (χ0n) is 13.6. The van der Waals surface area contributed by atoms with E-state index in [0.717, 1.165) is 30.3 Å². The summed E-state index contributed by atoms with van der Waals surface area (Å²) >= 11 is 0. The minimum atomic E-state index is -0.373. The number of rotatable bonds is 4. The Balaban J connectivity index is 1.54. The van der Waals surface area contributed by atoms with E-state index in [1.165, 1.54) is 12.8 Å². The van der Waals surface area contributed by atoms with Gasteiger partial charge in [0.05, 0.1) is 19.3 Å². The maximum absolute atomic E-state index is 6.07. The molecule has 4 rings (SSSR count). The third kappa shape index (κ3) is 3.01. The van der Waals surface area contributed by atoms with Crippen LogP contribution in [0.5, 0.6) is 0 Å². The summed E-state index contributed by atoms with van der Waals surface area (Å²) in [6.07, 6.45) is 8.00. The number of aryl methyl sites for hydroxylation is 1. The number of anilines is 2. The standard InChI is InChI=1S/C16H22N6O/c1-16(12-8-19-21(2)9-12)10-22(5-6-23-16)15-7-14(17-11-18-15)20-13-3-4-13/h7-9,11,13H,3-6,10H2,1-2H3,(H,17,18,20). The van der Waals surface area contributed by atoms with Crippen LogP contribution in [-0.2, 0) is 17.4 Å². The first kappa shape index (κ1) is 14.4. The molecule has 1 aliphatic carbocycles. The number of nitrogens with zero attached hydrogens (tertiary/aromatic N) is 5. The fourth-order valence-corrected chi connectivity index (χ4v) is 2.97. The first-order valence-corrected chi connectivity index (χ1v) is 8.09. The van der Waals surface area contributed by atoms with Crippen LogP contribution < -0.4 is 10.2 Å². The Hall–Kier alpha value is -2.15. The number of hydrogen-bond acceptors (Lipinski definition) is 6. The van der Waals surface area contributed by atoms with Gasteiger partial charge in [0.2, 0.25) is 0 Å². The quantitative estimate of drug-likeness (QED) is 0.923. The van der Waals surface area contributed by atoms with Gasteiger partial charge in [-0.15, -0.1) is 0 Å². The highest BCUT2D eigenvalue weighted by Gasteiger charge is 2.35. The molecule has 122 valence electrons. The van der Waals surface area contributed by atoms with E-state index in [-0.39, 0.29) is 5.60 Å². The Labute approximate surface area is 135 Å². The Morgan fingerprint density at radius 3 is 2.96 bits per heavy atom. The molecule has 1 saturated carbocycles. The molecule has 0 radical (unpaired) electrons. The molecule has 0 aromatic carbocycles. The van der Waals surface area contributed by atoms with Gasteiger partial charge in [-0.25, -0.2) is 9.97 Å². The van der Waals surface area contributed by atoms with Crippen molar-refractivity contribution in [1.82, 2.24) is 19.7 Å². The van der Waals surface area contributed by atoms with Gasteiger partial charge in [0, 0.05) is 37.5 Å². The first-order chi connectivity index (χ1) is 11.1. The minimum Gasteiger partial charge on any atom is -0.367 e. The van der Waals surface area contributed by atoms with Gasteiger partial charge in [0.25, 0.3) is 0 Å². The van der Waals surface area contributed by atoms with E-state index in [0.29, 0.717) is 12.6 Å². The lowest BCUT2D eigenvalue weighted by Gasteiger charge is -2.40. The topological polar surface area (TPSA) is 68.1 Å². The highest BCUT2D eigenvalue weighted by atomic mass is 16.5. The van der Waals surface area contributed by atoms with Crippen molar-refractivity contribution >= 4 is 11.6 Å². The molecule has 3 heterocycles. The lowest BCUT2D eigenvalue weighted by molar-refractivity contribution is -0.0468. The number of nitrogens with one attached hydrogen (secondary N) is 1. The molecule has 0 amide bonds. The van der Waals surface area contributed by atoms with Crippen LogP contribution in [0.2, 0.25) is 0 Å². The van der Waals surface area contributed by atoms with Crippen molar-refractivity contribution in [2.24, 2.45) is 7.05 Å². The van der Waals surface area contributed by atoms with Gasteiger partial charge in [-0.1, -0.05) is 0 Å². The van der Waals surface area contributed by atoms with Crippen LogP contribution >= 0.6 is 0 Å². The molecule has 0 spiro atoms. The van der Waals surface area contributed by atoms with Crippen molar-refractivity contribution in [2.45, 2.75) is 31.4 Å². The number of morpholine rings is 1. The molecule has 2 aromatic rings. The average molecular weight is 314 g/mol. The summed E-state index contributed by atoms with van der Waals surface area (Å²) < 4.78 is 7.88. The summed E-state index contributed by atoms with van der Waals surface area (Å²) in [4.78, 5) is 11.0. The number of aromatic nitrogens is 4. The SMILES string of the molecule is Cn1cc(C2(C)CN(c3cc(NC4CC4)ncn3)CCO2)cn1. The van der Waals surface area contributed by atoms with Crippen LogP contribution in [0.1, 0.15) is 25.3 Å². The molecule has 7 nitrogen and oxygen atoms in total. The van der Waals surface area contributed by atoms with Gasteiger partial charge in [0.1, 0.15) is 23.6 Å². The van der Waals surface area contributed by atoms with Crippen LogP contribution in [0.15, 0.2) is 24.8 Å². The summed E-state index contributed by atoms with van der Waals surface area (Å²) in [5.41, 5.74) is 0.719. The summed E-state index contributed by atoms with van der Waals surface area (Å²) in [5.74, 6) is 1.86. The van der Waals surface area contributed by atoms with E-state index in [4.69, 9.17) is 4.74 Å². The molecule has 1 unspecified atom stereocenters. The van der Waals surface area contributed by atoms with Crippen molar-refractivity contribution in [3.05, 3.63) is 30.4 Å². The molecule has 2 fully saturated rings. The first-order valence-electron chi connectivity index (χ1n) is 8.09. The third-order valence-corrected chi connectivity index (χ3v) is 4.50. The minimum absolute atomic E-state index is 0.373. The van der Waals surface area contributed by atoms with Crippen LogP contribution in [0.4, 0.5) is 11.6 Å². The van der Waals surface area contributed by atoms with Crippen LogP contribution in [0.25, 0.3) is 0 Å². The molecule has 1 aliphatic heterocycles. The molecule has 2 aromatic heterocycles. The van der Waals surface area contributed by atoms with Gasteiger partial charge in [-0.05, 0) is 19.8 Å². The Morgan fingerprint density at radius 1 is 1.35 bits per heavy atom. The second-order valence-electron chi connectivity index (χ2n) is 6.58. The van der Waals surface area contributed by atoms with E-state index < -0.39 is 0 Å². The maximum Gasteiger partial charge on any atom is 0.134 e. The van der Waals surface area contributed by atoms with Crippen molar-refractivity contribution in [3.8, 4) is 0 Å². The monoisotopic (exact) mass is 314 g/mol. The van der Waals surface area contributed by atoms with E-state index in [2.05, 4.69) is 32.2 Å². The average Bonchev–Trinajstić information content (AvgIpc) is 3.25. The van der Waals surface area contributed by atoms with Crippen molar-refractivity contribution in [2.75, 3.05) is 29.9 Å². The molecule has 23 heavy (non-hydrogen) atoms. The molecular weight excluding hydrogens is 292 g/mol. The van der Waals surface area contributed by atoms with Crippen molar-refractivity contribution in [3.63, 3.8) is 0 Å². The molecule has 2 aliphatic rings.